The number of carbonyl (C=O) groups excluding carboxylic acids is 1. The van der Waals surface area contributed by atoms with Crippen molar-refractivity contribution < 1.29 is 45.4 Å². The third-order valence-corrected chi connectivity index (χ3v) is 6.99. The summed E-state index contributed by atoms with van der Waals surface area (Å²) >= 11 is 0. The van der Waals surface area contributed by atoms with Crippen LogP contribution in [0.2, 0.25) is 0 Å². The molecule has 0 saturated heterocycles. The Balaban J connectivity index is 2.04. The zero-order valence-electron chi connectivity index (χ0n) is 15.5. The van der Waals surface area contributed by atoms with Crippen LogP contribution < -0.4 is 0 Å². The molecule has 0 spiro atoms. The van der Waals surface area contributed by atoms with E-state index in [1.165, 1.54) is 6.92 Å². The summed E-state index contributed by atoms with van der Waals surface area (Å²) in [6.45, 7) is 2.35. The van der Waals surface area contributed by atoms with Gasteiger partial charge in [-0.15, -0.1) is 0 Å². The van der Waals surface area contributed by atoms with Crippen molar-refractivity contribution in [2.45, 2.75) is 88.0 Å². The fourth-order valence-electron chi connectivity index (χ4n) is 5.93. The predicted molar refractivity (Wildman–Crippen MR) is 82.8 cm³/mol. The normalized spacial score (nSPS) is 37.6. The number of aliphatic hydroxyl groups is 1. The molecule has 0 aliphatic heterocycles. The predicted octanol–water partition coefficient (Wildman–Crippen LogP) is 4.86. The van der Waals surface area contributed by atoms with E-state index in [0.29, 0.717) is 6.42 Å². The standard InChI is InChI=1S/C18H23F7O3/c1-3-13(2,19)12(26)28-15-7-10-4-11(8-15)6-14(5-10,9-15)16(27,17(20,21)22)18(23,24)25/h10-11,27H,3-9H2,1-2H3. The first-order valence-electron chi connectivity index (χ1n) is 9.29. The van der Waals surface area contributed by atoms with Crippen LogP contribution in [0.4, 0.5) is 30.7 Å². The molecule has 4 rings (SSSR count). The molecule has 0 heterocycles. The Hall–Kier alpha value is -1.06. The first-order chi connectivity index (χ1) is 12.5. The molecule has 0 aromatic carbocycles. The van der Waals surface area contributed by atoms with Gasteiger partial charge < -0.3 is 9.84 Å². The molecule has 3 nitrogen and oxygen atoms in total. The van der Waals surface area contributed by atoms with E-state index < -0.39 is 71.7 Å². The second kappa shape index (κ2) is 5.98. The zero-order valence-corrected chi connectivity index (χ0v) is 15.5. The van der Waals surface area contributed by atoms with Gasteiger partial charge in [-0.1, -0.05) is 6.92 Å². The molecule has 28 heavy (non-hydrogen) atoms. The molecule has 0 amide bonds. The van der Waals surface area contributed by atoms with Gasteiger partial charge in [0.1, 0.15) is 5.60 Å². The van der Waals surface area contributed by atoms with E-state index in [4.69, 9.17) is 4.74 Å². The summed E-state index contributed by atoms with van der Waals surface area (Å²) < 4.78 is 101. The molecule has 10 heteroatoms. The van der Waals surface area contributed by atoms with E-state index in [9.17, 15) is 40.6 Å². The van der Waals surface area contributed by atoms with Crippen LogP contribution in [-0.2, 0) is 9.53 Å². The topological polar surface area (TPSA) is 46.5 Å². The summed E-state index contributed by atoms with van der Waals surface area (Å²) in [4.78, 5) is 12.2. The van der Waals surface area contributed by atoms with E-state index >= 15 is 0 Å². The summed E-state index contributed by atoms with van der Waals surface area (Å²) in [7, 11) is 0. The lowest BCUT2D eigenvalue weighted by Gasteiger charge is -2.65. The fourth-order valence-corrected chi connectivity index (χ4v) is 5.93. The van der Waals surface area contributed by atoms with Gasteiger partial charge in [0.05, 0.1) is 0 Å². The molecule has 3 unspecified atom stereocenters. The van der Waals surface area contributed by atoms with Gasteiger partial charge in [0.2, 0.25) is 5.67 Å². The molecular weight excluding hydrogens is 397 g/mol. The van der Waals surface area contributed by atoms with E-state index in [2.05, 4.69) is 0 Å². The van der Waals surface area contributed by atoms with Crippen molar-refractivity contribution in [2.24, 2.45) is 17.3 Å². The Kier molecular flexibility index (Phi) is 4.62. The number of carbonyl (C=O) groups is 1. The molecule has 1 N–H and O–H groups in total. The molecule has 4 aliphatic rings. The number of halogens is 7. The number of rotatable bonds is 4. The highest BCUT2D eigenvalue weighted by Crippen LogP contribution is 2.70. The van der Waals surface area contributed by atoms with Gasteiger partial charge in [0.15, 0.2) is 0 Å². The highest BCUT2D eigenvalue weighted by Gasteiger charge is 2.82. The molecule has 4 aliphatic carbocycles. The van der Waals surface area contributed by atoms with Crippen LogP contribution in [0.25, 0.3) is 0 Å². The van der Waals surface area contributed by atoms with Crippen molar-refractivity contribution >= 4 is 5.97 Å². The van der Waals surface area contributed by atoms with E-state index in [0.717, 1.165) is 6.92 Å². The Bertz CT molecular complexity index is 625. The third-order valence-electron chi connectivity index (χ3n) is 6.99. The van der Waals surface area contributed by atoms with Crippen LogP contribution in [0.15, 0.2) is 0 Å². The molecule has 4 saturated carbocycles. The van der Waals surface area contributed by atoms with Crippen molar-refractivity contribution in [3.63, 3.8) is 0 Å². The molecule has 3 atom stereocenters. The second-order valence-electron chi connectivity index (χ2n) is 9.07. The first kappa shape index (κ1) is 21.6. The lowest BCUT2D eigenvalue weighted by Crippen LogP contribution is -2.73. The van der Waals surface area contributed by atoms with Gasteiger partial charge in [-0.2, -0.15) is 26.3 Å². The maximum Gasteiger partial charge on any atom is 0.426 e. The molecule has 0 aromatic rings. The van der Waals surface area contributed by atoms with Crippen LogP contribution in [-0.4, -0.2) is 40.3 Å². The molecule has 0 aromatic heterocycles. The summed E-state index contributed by atoms with van der Waals surface area (Å²) in [5, 5.41) is 10.1. The minimum atomic E-state index is -5.94. The van der Waals surface area contributed by atoms with E-state index in [1.54, 1.807) is 0 Å². The average molecular weight is 420 g/mol. The number of hydrogen-bond donors (Lipinski definition) is 1. The van der Waals surface area contributed by atoms with Gasteiger partial charge in [-0.3, -0.25) is 0 Å². The van der Waals surface area contributed by atoms with Crippen molar-refractivity contribution in [1.29, 1.82) is 0 Å². The monoisotopic (exact) mass is 420 g/mol. The van der Waals surface area contributed by atoms with Crippen LogP contribution in [0, 0.1) is 17.3 Å². The number of alkyl halides is 7. The van der Waals surface area contributed by atoms with Crippen LogP contribution in [0.5, 0.6) is 0 Å². The van der Waals surface area contributed by atoms with Crippen LogP contribution in [0.3, 0.4) is 0 Å². The van der Waals surface area contributed by atoms with Crippen molar-refractivity contribution in [2.75, 3.05) is 0 Å². The number of hydrogen-bond acceptors (Lipinski definition) is 3. The molecule has 0 radical (unpaired) electrons. The molecule has 4 bridgehead atoms. The van der Waals surface area contributed by atoms with E-state index in [-0.39, 0.29) is 19.3 Å². The molecular formula is C18H23F7O3. The number of esters is 1. The lowest BCUT2D eigenvalue weighted by atomic mass is 9.43. The quantitative estimate of drug-likeness (QED) is 0.522. The Morgan fingerprint density at radius 1 is 1.00 bits per heavy atom. The summed E-state index contributed by atoms with van der Waals surface area (Å²) in [5.74, 6) is -2.40. The van der Waals surface area contributed by atoms with Gasteiger partial charge >= 0.3 is 18.3 Å². The second-order valence-corrected chi connectivity index (χ2v) is 9.07. The maximum atomic E-state index is 14.3. The minimum absolute atomic E-state index is 0.0859. The zero-order chi connectivity index (χ0) is 21.4. The van der Waals surface area contributed by atoms with Gasteiger partial charge in [-0.05, 0) is 63.7 Å². The summed E-state index contributed by atoms with van der Waals surface area (Å²) in [6.07, 6.45) is -13.3. The minimum Gasteiger partial charge on any atom is -0.457 e. The van der Waals surface area contributed by atoms with Gasteiger partial charge in [0.25, 0.3) is 5.60 Å². The highest BCUT2D eigenvalue weighted by molar-refractivity contribution is 5.79. The van der Waals surface area contributed by atoms with Crippen molar-refractivity contribution in [3.8, 4) is 0 Å². The maximum absolute atomic E-state index is 14.3. The smallest absolute Gasteiger partial charge is 0.426 e. The van der Waals surface area contributed by atoms with Crippen molar-refractivity contribution in [1.82, 2.24) is 0 Å². The first-order valence-corrected chi connectivity index (χ1v) is 9.29. The van der Waals surface area contributed by atoms with Crippen LogP contribution >= 0.6 is 0 Å². The summed E-state index contributed by atoms with van der Waals surface area (Å²) in [5.41, 5.74) is -11.5. The van der Waals surface area contributed by atoms with Gasteiger partial charge in [-0.25, -0.2) is 9.18 Å². The Morgan fingerprint density at radius 3 is 1.86 bits per heavy atom. The summed E-state index contributed by atoms with van der Waals surface area (Å²) in [6, 6.07) is 0. The van der Waals surface area contributed by atoms with Crippen LogP contribution in [0.1, 0.15) is 58.8 Å². The third kappa shape index (κ3) is 2.92. The molecule has 4 fully saturated rings. The molecule has 162 valence electrons. The fraction of sp³-hybridized carbons (Fsp3) is 0.944. The SMILES string of the molecule is CCC(C)(F)C(=O)OC12CC3CC(C1)CC(C(O)(C(F)(F)F)C(F)(F)F)(C3)C2. The largest absolute Gasteiger partial charge is 0.457 e. The highest BCUT2D eigenvalue weighted by atomic mass is 19.4. The Morgan fingerprint density at radius 2 is 1.46 bits per heavy atom. The van der Waals surface area contributed by atoms with E-state index in [1.807, 2.05) is 0 Å². The Labute approximate surface area is 157 Å². The van der Waals surface area contributed by atoms with Crippen molar-refractivity contribution in [3.05, 3.63) is 0 Å². The average Bonchev–Trinajstić information content (AvgIpc) is 2.49. The number of ether oxygens (including phenoxy) is 1. The lowest BCUT2D eigenvalue weighted by molar-refractivity contribution is -0.422. The van der Waals surface area contributed by atoms with Gasteiger partial charge in [0, 0.05) is 5.41 Å².